The summed E-state index contributed by atoms with van der Waals surface area (Å²) in [5.74, 6) is 0.802. The van der Waals surface area contributed by atoms with Crippen LogP contribution < -0.4 is 0 Å². The van der Waals surface area contributed by atoms with Crippen LogP contribution in [-0.4, -0.2) is 50.8 Å². The molecule has 1 atom stereocenters. The highest BCUT2D eigenvalue weighted by atomic mass is 32.2. The van der Waals surface area contributed by atoms with Crippen LogP contribution in [0.25, 0.3) is 0 Å². The van der Waals surface area contributed by atoms with Gasteiger partial charge in [0, 0.05) is 13.6 Å². The van der Waals surface area contributed by atoms with Crippen LogP contribution in [0.15, 0.2) is 95.9 Å². The molecule has 1 heterocycles. The highest BCUT2D eigenvalue weighted by molar-refractivity contribution is 7.89. The van der Waals surface area contributed by atoms with Crippen LogP contribution >= 0.6 is 0 Å². The van der Waals surface area contributed by atoms with E-state index in [9.17, 15) is 8.42 Å². The fraction of sp³-hybridized carbons (Fsp3) is 0.357. The first-order chi connectivity index (χ1) is 16.0. The maximum absolute atomic E-state index is 13.1. The highest BCUT2D eigenvalue weighted by Crippen LogP contribution is 2.29. The zero-order chi connectivity index (χ0) is 23.1. The number of piperidine rings is 1. The molecule has 1 saturated heterocycles. The van der Waals surface area contributed by atoms with Crippen LogP contribution in [0.2, 0.25) is 0 Å². The Morgan fingerprint density at radius 2 is 1.39 bits per heavy atom. The molecule has 174 valence electrons. The molecule has 33 heavy (non-hydrogen) atoms. The first kappa shape index (κ1) is 23.7. The number of benzene rings is 3. The number of rotatable bonds is 9. The number of likely N-dealkylation sites (N-methyl/N-ethyl adjacent to an activating group) is 1. The Hall–Kier alpha value is -2.47. The van der Waals surface area contributed by atoms with E-state index < -0.39 is 10.0 Å². The third-order valence-corrected chi connectivity index (χ3v) is 8.69. The van der Waals surface area contributed by atoms with Gasteiger partial charge < -0.3 is 4.90 Å². The van der Waals surface area contributed by atoms with Crippen LogP contribution in [0.4, 0.5) is 0 Å². The molecule has 0 amide bonds. The Balaban J connectivity index is 1.39. The van der Waals surface area contributed by atoms with E-state index in [4.69, 9.17) is 0 Å². The van der Waals surface area contributed by atoms with Crippen molar-refractivity contribution in [3.63, 3.8) is 0 Å². The zero-order valence-corrected chi connectivity index (χ0v) is 20.2. The lowest BCUT2D eigenvalue weighted by Gasteiger charge is -2.33. The molecular weight excluding hydrogens is 428 g/mol. The molecule has 1 aliphatic rings. The Labute approximate surface area is 198 Å². The summed E-state index contributed by atoms with van der Waals surface area (Å²) in [6.45, 7) is 3.65. The SMILES string of the molecule is CN(C[C@@H](CCN1CCC(c2ccccc2)CC1)c1ccccc1)S(=O)(=O)c1ccccc1. The van der Waals surface area contributed by atoms with Crippen molar-refractivity contribution in [3.05, 3.63) is 102 Å². The van der Waals surface area contributed by atoms with Gasteiger partial charge >= 0.3 is 0 Å². The van der Waals surface area contributed by atoms with Crippen molar-refractivity contribution in [1.29, 1.82) is 0 Å². The predicted octanol–water partition coefficient (Wildman–Crippen LogP) is 5.36. The van der Waals surface area contributed by atoms with Gasteiger partial charge in [0.05, 0.1) is 4.90 Å². The maximum Gasteiger partial charge on any atom is 0.242 e. The second kappa shape index (κ2) is 11.1. The van der Waals surface area contributed by atoms with Gasteiger partial charge in [-0.2, -0.15) is 0 Å². The van der Waals surface area contributed by atoms with Crippen molar-refractivity contribution in [2.45, 2.75) is 36.0 Å². The van der Waals surface area contributed by atoms with Crippen molar-refractivity contribution in [1.82, 2.24) is 9.21 Å². The van der Waals surface area contributed by atoms with E-state index in [1.807, 2.05) is 24.3 Å². The van der Waals surface area contributed by atoms with Gasteiger partial charge in [-0.1, -0.05) is 78.9 Å². The van der Waals surface area contributed by atoms with Crippen LogP contribution in [0.3, 0.4) is 0 Å². The van der Waals surface area contributed by atoms with Gasteiger partial charge in [0.1, 0.15) is 0 Å². The Morgan fingerprint density at radius 3 is 2.00 bits per heavy atom. The molecule has 1 fully saturated rings. The van der Waals surface area contributed by atoms with Gasteiger partial charge in [-0.05, 0) is 74.0 Å². The van der Waals surface area contributed by atoms with Gasteiger partial charge in [0.2, 0.25) is 10.0 Å². The molecule has 0 radical (unpaired) electrons. The number of sulfonamides is 1. The minimum absolute atomic E-state index is 0.154. The lowest BCUT2D eigenvalue weighted by Crippen LogP contribution is -2.36. The molecule has 4 rings (SSSR count). The predicted molar refractivity (Wildman–Crippen MR) is 135 cm³/mol. The average molecular weight is 463 g/mol. The third kappa shape index (κ3) is 6.11. The van der Waals surface area contributed by atoms with Crippen molar-refractivity contribution in [2.24, 2.45) is 0 Å². The largest absolute Gasteiger partial charge is 0.303 e. The minimum Gasteiger partial charge on any atom is -0.303 e. The first-order valence-electron chi connectivity index (χ1n) is 11.9. The van der Waals surface area contributed by atoms with Crippen LogP contribution in [0.5, 0.6) is 0 Å². The average Bonchev–Trinajstić information content (AvgIpc) is 2.88. The van der Waals surface area contributed by atoms with Gasteiger partial charge in [0.25, 0.3) is 0 Å². The van der Waals surface area contributed by atoms with Gasteiger partial charge in [-0.3, -0.25) is 0 Å². The molecule has 3 aromatic rings. The second-order valence-electron chi connectivity index (χ2n) is 9.02. The summed E-state index contributed by atoms with van der Waals surface area (Å²) in [5.41, 5.74) is 2.65. The van der Waals surface area contributed by atoms with E-state index in [-0.39, 0.29) is 5.92 Å². The number of hydrogen-bond donors (Lipinski definition) is 0. The fourth-order valence-electron chi connectivity index (χ4n) is 4.82. The van der Waals surface area contributed by atoms with Crippen LogP contribution in [-0.2, 0) is 10.0 Å². The summed E-state index contributed by atoms with van der Waals surface area (Å²) in [7, 11) is -1.81. The topological polar surface area (TPSA) is 40.6 Å². The molecule has 1 aliphatic heterocycles. The van der Waals surface area contributed by atoms with E-state index in [1.54, 1.807) is 31.3 Å². The number of likely N-dealkylation sites (tertiary alicyclic amines) is 1. The molecule has 0 bridgehead atoms. The third-order valence-electron chi connectivity index (χ3n) is 6.85. The van der Waals surface area contributed by atoms with Crippen LogP contribution in [0, 0.1) is 0 Å². The van der Waals surface area contributed by atoms with Crippen molar-refractivity contribution in [3.8, 4) is 0 Å². The quantitative estimate of drug-likeness (QED) is 0.430. The Morgan fingerprint density at radius 1 is 0.848 bits per heavy atom. The molecule has 5 heteroatoms. The molecule has 0 spiro atoms. The summed E-state index contributed by atoms with van der Waals surface area (Å²) in [5, 5.41) is 0. The lowest BCUT2D eigenvalue weighted by atomic mass is 9.89. The Kier molecular flexibility index (Phi) is 7.97. The van der Waals surface area contributed by atoms with E-state index in [0.29, 0.717) is 17.4 Å². The smallest absolute Gasteiger partial charge is 0.242 e. The molecule has 0 aromatic heterocycles. The van der Waals surface area contributed by atoms with E-state index >= 15 is 0 Å². The van der Waals surface area contributed by atoms with Crippen LogP contribution in [0.1, 0.15) is 42.2 Å². The summed E-state index contributed by atoms with van der Waals surface area (Å²) in [4.78, 5) is 2.89. The molecular formula is C28H34N2O2S. The fourth-order valence-corrected chi connectivity index (χ4v) is 6.06. The standard InChI is InChI=1S/C28H34N2O2S/c1-29(33(31,32)28-15-9-4-10-16-28)23-27(25-13-7-3-8-14-25)19-22-30-20-17-26(18-21-30)24-11-5-2-6-12-24/h2-16,26-27H,17-23H2,1H3/t27-/m1/s1. The lowest BCUT2D eigenvalue weighted by molar-refractivity contribution is 0.203. The molecule has 0 saturated carbocycles. The molecule has 0 N–H and O–H groups in total. The first-order valence-corrected chi connectivity index (χ1v) is 13.3. The normalized spacial score (nSPS) is 16.7. The highest BCUT2D eigenvalue weighted by Gasteiger charge is 2.26. The monoisotopic (exact) mass is 462 g/mol. The molecule has 0 aliphatic carbocycles. The summed E-state index contributed by atoms with van der Waals surface area (Å²) in [6, 6.07) is 29.9. The van der Waals surface area contributed by atoms with Crippen molar-refractivity contribution >= 4 is 10.0 Å². The second-order valence-corrected chi connectivity index (χ2v) is 11.1. The van der Waals surface area contributed by atoms with Crippen molar-refractivity contribution in [2.75, 3.05) is 33.2 Å². The van der Waals surface area contributed by atoms with Gasteiger partial charge in [0.15, 0.2) is 0 Å². The van der Waals surface area contributed by atoms with Crippen molar-refractivity contribution < 1.29 is 8.42 Å². The zero-order valence-electron chi connectivity index (χ0n) is 19.4. The Bertz CT molecular complexity index is 1080. The summed E-state index contributed by atoms with van der Waals surface area (Å²) >= 11 is 0. The van der Waals surface area contributed by atoms with E-state index in [2.05, 4.69) is 47.4 Å². The maximum atomic E-state index is 13.1. The van der Waals surface area contributed by atoms with E-state index in [0.717, 1.165) is 26.1 Å². The van der Waals surface area contributed by atoms with Gasteiger partial charge in [-0.15, -0.1) is 0 Å². The van der Waals surface area contributed by atoms with E-state index in [1.165, 1.54) is 28.3 Å². The molecule has 3 aromatic carbocycles. The molecule has 4 nitrogen and oxygen atoms in total. The summed E-state index contributed by atoms with van der Waals surface area (Å²) < 4.78 is 27.7. The molecule has 0 unspecified atom stereocenters. The summed E-state index contributed by atoms with van der Waals surface area (Å²) in [6.07, 6.45) is 3.30. The number of nitrogens with zero attached hydrogens (tertiary/aromatic N) is 2. The number of hydrogen-bond acceptors (Lipinski definition) is 3. The van der Waals surface area contributed by atoms with Gasteiger partial charge in [-0.25, -0.2) is 12.7 Å². The minimum atomic E-state index is -3.50.